The van der Waals surface area contributed by atoms with E-state index < -0.39 is 0 Å². The number of nitrogens with zero attached hydrogens (tertiary/aromatic N) is 3. The standard InChI is InChI=1S/C20H27N3OS.2ClH/c1-13(2)21-20-23(12-8-11-22(4)5)17-15-9-6-7-10-16(15)18(24)14(3)19(17)25-20;;/h6-7,9-10,13,24H,8,11-12H2,1-5H3;2*1H. The number of aryl methyl sites for hydroxylation is 2. The Morgan fingerprint density at radius 2 is 1.78 bits per heavy atom. The lowest BCUT2D eigenvalue weighted by Gasteiger charge is -2.13. The number of benzene rings is 2. The van der Waals surface area contributed by atoms with Gasteiger partial charge in [0.1, 0.15) is 5.75 Å². The Morgan fingerprint density at radius 3 is 2.37 bits per heavy atom. The fourth-order valence-corrected chi connectivity index (χ4v) is 4.52. The van der Waals surface area contributed by atoms with Crippen molar-refractivity contribution in [3.8, 4) is 5.75 Å². The van der Waals surface area contributed by atoms with E-state index >= 15 is 0 Å². The summed E-state index contributed by atoms with van der Waals surface area (Å²) in [5, 5.41) is 12.7. The summed E-state index contributed by atoms with van der Waals surface area (Å²) in [4.78, 5) is 8.11. The van der Waals surface area contributed by atoms with Gasteiger partial charge in [0.05, 0.1) is 10.2 Å². The number of phenols is 1. The third kappa shape index (κ3) is 4.77. The maximum Gasteiger partial charge on any atom is 0.186 e. The van der Waals surface area contributed by atoms with Gasteiger partial charge in [-0.2, -0.15) is 0 Å². The van der Waals surface area contributed by atoms with Gasteiger partial charge in [-0.1, -0.05) is 35.6 Å². The van der Waals surface area contributed by atoms with E-state index in [2.05, 4.69) is 43.5 Å². The van der Waals surface area contributed by atoms with E-state index in [1.165, 1.54) is 5.52 Å². The van der Waals surface area contributed by atoms with Crippen molar-refractivity contribution in [1.29, 1.82) is 0 Å². The summed E-state index contributed by atoms with van der Waals surface area (Å²) in [6.07, 6.45) is 1.07. The fraction of sp³-hybridized carbons (Fsp3) is 0.450. The van der Waals surface area contributed by atoms with E-state index in [0.717, 1.165) is 45.3 Å². The molecule has 0 aliphatic heterocycles. The third-order valence-electron chi connectivity index (χ3n) is 4.40. The van der Waals surface area contributed by atoms with Crippen molar-refractivity contribution in [3.05, 3.63) is 34.6 Å². The Kier molecular flexibility index (Phi) is 8.61. The minimum atomic E-state index is 0. The maximum absolute atomic E-state index is 10.6. The van der Waals surface area contributed by atoms with Crippen LogP contribution in [0.1, 0.15) is 25.8 Å². The van der Waals surface area contributed by atoms with Crippen molar-refractivity contribution in [2.24, 2.45) is 4.99 Å². The molecule has 1 heterocycles. The molecule has 1 N–H and O–H groups in total. The van der Waals surface area contributed by atoms with Gasteiger partial charge in [0.2, 0.25) is 0 Å². The summed E-state index contributed by atoms with van der Waals surface area (Å²) < 4.78 is 3.48. The predicted molar refractivity (Wildman–Crippen MR) is 122 cm³/mol. The molecule has 0 unspecified atom stereocenters. The van der Waals surface area contributed by atoms with Gasteiger partial charge in [-0.05, 0) is 47.8 Å². The second kappa shape index (κ2) is 9.78. The van der Waals surface area contributed by atoms with Crippen LogP contribution in [0, 0.1) is 6.92 Å². The minimum absolute atomic E-state index is 0. The first-order valence-electron chi connectivity index (χ1n) is 8.82. The quantitative estimate of drug-likeness (QED) is 0.621. The Morgan fingerprint density at radius 1 is 1.15 bits per heavy atom. The molecule has 0 fully saturated rings. The largest absolute Gasteiger partial charge is 0.507 e. The molecule has 27 heavy (non-hydrogen) atoms. The molecule has 2 aromatic carbocycles. The van der Waals surface area contributed by atoms with Gasteiger partial charge in [0.25, 0.3) is 0 Å². The van der Waals surface area contributed by atoms with Crippen molar-refractivity contribution in [2.75, 3.05) is 20.6 Å². The molecule has 0 radical (unpaired) electrons. The summed E-state index contributed by atoms with van der Waals surface area (Å²) in [6.45, 7) is 8.19. The highest BCUT2D eigenvalue weighted by Crippen LogP contribution is 2.38. The van der Waals surface area contributed by atoms with Gasteiger partial charge in [-0.25, -0.2) is 0 Å². The van der Waals surface area contributed by atoms with Crippen molar-refractivity contribution in [3.63, 3.8) is 0 Å². The number of fused-ring (bicyclic) bond motifs is 3. The number of phenolic OH excluding ortho intramolecular Hbond substituents is 1. The zero-order valence-electron chi connectivity index (χ0n) is 16.5. The smallest absolute Gasteiger partial charge is 0.186 e. The monoisotopic (exact) mass is 429 g/mol. The van der Waals surface area contributed by atoms with E-state index in [1.807, 2.05) is 25.1 Å². The minimum Gasteiger partial charge on any atom is -0.507 e. The Balaban J connectivity index is 0.00000182. The Hall–Kier alpha value is -1.27. The number of thiazole rings is 1. The Labute approximate surface area is 177 Å². The lowest BCUT2D eigenvalue weighted by atomic mass is 10.0. The molecular formula is C20H29Cl2N3OS. The molecule has 0 aliphatic rings. The number of aromatic nitrogens is 1. The Bertz CT molecular complexity index is 977. The summed E-state index contributed by atoms with van der Waals surface area (Å²) in [5.74, 6) is 0.390. The van der Waals surface area contributed by atoms with Crippen LogP contribution in [0.25, 0.3) is 21.0 Å². The molecule has 0 bridgehead atoms. The molecule has 3 aromatic rings. The summed E-state index contributed by atoms with van der Waals surface area (Å²) in [6, 6.07) is 8.37. The highest BCUT2D eigenvalue weighted by atomic mass is 35.5. The van der Waals surface area contributed by atoms with Crippen LogP contribution in [0.15, 0.2) is 29.3 Å². The molecule has 3 rings (SSSR count). The summed E-state index contributed by atoms with van der Waals surface area (Å²) in [5.41, 5.74) is 2.15. The van der Waals surface area contributed by atoms with E-state index in [9.17, 15) is 5.11 Å². The van der Waals surface area contributed by atoms with Crippen LogP contribution in [0.4, 0.5) is 0 Å². The SMILES string of the molecule is Cc1c(O)c2ccccc2c2c1sc(=NC(C)C)n2CCCN(C)C.Cl.Cl. The van der Waals surface area contributed by atoms with Crippen LogP contribution < -0.4 is 4.80 Å². The molecule has 0 atom stereocenters. The average Bonchev–Trinajstić information content (AvgIpc) is 2.90. The lowest BCUT2D eigenvalue weighted by Crippen LogP contribution is -2.20. The predicted octanol–water partition coefficient (Wildman–Crippen LogP) is 4.97. The first-order chi connectivity index (χ1) is 11.9. The topological polar surface area (TPSA) is 40.8 Å². The van der Waals surface area contributed by atoms with Crippen LogP contribution in [-0.4, -0.2) is 41.3 Å². The van der Waals surface area contributed by atoms with Crippen LogP contribution in [0.5, 0.6) is 5.75 Å². The first-order valence-corrected chi connectivity index (χ1v) is 9.64. The van der Waals surface area contributed by atoms with Gasteiger partial charge >= 0.3 is 0 Å². The molecule has 0 spiro atoms. The van der Waals surface area contributed by atoms with Crippen molar-refractivity contribution >= 4 is 57.1 Å². The summed E-state index contributed by atoms with van der Waals surface area (Å²) in [7, 11) is 4.21. The van der Waals surface area contributed by atoms with Gasteiger partial charge in [-0.3, -0.25) is 4.99 Å². The average molecular weight is 430 g/mol. The zero-order chi connectivity index (χ0) is 18.1. The van der Waals surface area contributed by atoms with E-state index in [4.69, 9.17) is 4.99 Å². The van der Waals surface area contributed by atoms with Crippen LogP contribution in [0.2, 0.25) is 0 Å². The van der Waals surface area contributed by atoms with Crippen LogP contribution in [0.3, 0.4) is 0 Å². The van der Waals surface area contributed by atoms with Gasteiger partial charge in [0, 0.05) is 28.9 Å². The third-order valence-corrected chi connectivity index (χ3v) is 5.61. The van der Waals surface area contributed by atoms with Crippen LogP contribution >= 0.6 is 36.2 Å². The highest BCUT2D eigenvalue weighted by Gasteiger charge is 2.16. The number of rotatable bonds is 5. The number of aromatic hydroxyl groups is 1. The number of halogens is 2. The van der Waals surface area contributed by atoms with Gasteiger partial charge in [0.15, 0.2) is 4.80 Å². The fourth-order valence-electron chi connectivity index (χ4n) is 3.21. The van der Waals surface area contributed by atoms with Crippen molar-refractivity contribution < 1.29 is 5.11 Å². The summed E-state index contributed by atoms with van der Waals surface area (Å²) >= 11 is 1.69. The molecule has 4 nitrogen and oxygen atoms in total. The zero-order valence-corrected chi connectivity index (χ0v) is 19.0. The lowest BCUT2D eigenvalue weighted by molar-refractivity contribution is 0.386. The van der Waals surface area contributed by atoms with Crippen LogP contribution in [-0.2, 0) is 6.54 Å². The van der Waals surface area contributed by atoms with E-state index in [0.29, 0.717) is 5.75 Å². The second-order valence-corrected chi connectivity index (χ2v) is 8.09. The number of hydrogen-bond acceptors (Lipinski definition) is 4. The molecule has 7 heteroatoms. The normalized spacial score (nSPS) is 12.0. The maximum atomic E-state index is 10.6. The van der Waals surface area contributed by atoms with E-state index in [-0.39, 0.29) is 30.9 Å². The molecule has 0 aliphatic carbocycles. The molecule has 150 valence electrons. The van der Waals surface area contributed by atoms with E-state index in [1.54, 1.807) is 11.3 Å². The molecule has 0 saturated carbocycles. The molecule has 0 saturated heterocycles. The highest BCUT2D eigenvalue weighted by molar-refractivity contribution is 7.16. The molecule has 1 aromatic heterocycles. The van der Waals surface area contributed by atoms with Gasteiger partial charge in [-0.15, -0.1) is 24.8 Å². The van der Waals surface area contributed by atoms with Gasteiger partial charge < -0.3 is 14.6 Å². The number of hydrogen-bond donors (Lipinski definition) is 1. The first kappa shape index (κ1) is 23.8. The molecule has 0 amide bonds. The second-order valence-electron chi connectivity index (χ2n) is 7.11. The molecular weight excluding hydrogens is 401 g/mol. The van der Waals surface area contributed by atoms with Crippen molar-refractivity contribution in [1.82, 2.24) is 9.47 Å². The van der Waals surface area contributed by atoms with Crippen molar-refractivity contribution in [2.45, 2.75) is 39.8 Å².